The van der Waals surface area contributed by atoms with E-state index in [0.717, 1.165) is 25.1 Å². The van der Waals surface area contributed by atoms with Gasteiger partial charge in [-0.05, 0) is 31.4 Å². The average molecular weight is 283 g/mol. The van der Waals surface area contributed by atoms with E-state index in [2.05, 4.69) is 25.8 Å². The van der Waals surface area contributed by atoms with Crippen LogP contribution in [0.5, 0.6) is 0 Å². The first-order chi connectivity index (χ1) is 8.97. The first-order valence-electron chi connectivity index (χ1n) is 6.93. The Morgan fingerprint density at radius 3 is 2.58 bits per heavy atom. The molecule has 0 saturated carbocycles. The maximum Gasteiger partial charge on any atom is 0.254 e. The number of pyridine rings is 1. The normalized spacial score (nSPS) is 10.8. The molecule has 1 amide bonds. The van der Waals surface area contributed by atoms with Gasteiger partial charge in [0.2, 0.25) is 0 Å². The largest absolute Gasteiger partial charge is 0.339 e. The molecule has 0 aliphatic rings. The number of halogens is 1. The van der Waals surface area contributed by atoms with Gasteiger partial charge in [-0.2, -0.15) is 0 Å². The van der Waals surface area contributed by atoms with Crippen LogP contribution in [0.25, 0.3) is 0 Å². The van der Waals surface area contributed by atoms with Gasteiger partial charge in [-0.25, -0.2) is 4.98 Å². The van der Waals surface area contributed by atoms with Gasteiger partial charge in [-0.1, -0.05) is 38.8 Å². The number of hydrogen-bond acceptors (Lipinski definition) is 2. The van der Waals surface area contributed by atoms with Gasteiger partial charge in [0.25, 0.3) is 5.91 Å². The third-order valence-corrected chi connectivity index (χ3v) is 3.05. The fourth-order valence-electron chi connectivity index (χ4n) is 2.04. The summed E-state index contributed by atoms with van der Waals surface area (Å²) >= 11 is 6.00. The molecular formula is C15H23ClN2O. The van der Waals surface area contributed by atoms with E-state index in [0.29, 0.717) is 23.2 Å². The summed E-state index contributed by atoms with van der Waals surface area (Å²) in [4.78, 5) is 18.6. The van der Waals surface area contributed by atoms with Crippen molar-refractivity contribution < 1.29 is 4.79 Å². The minimum Gasteiger partial charge on any atom is -0.339 e. The van der Waals surface area contributed by atoms with Gasteiger partial charge < -0.3 is 4.90 Å². The Balaban J connectivity index is 2.96. The fourth-order valence-corrected chi connectivity index (χ4v) is 2.26. The number of nitrogens with zero attached hydrogens (tertiary/aromatic N) is 2. The van der Waals surface area contributed by atoms with Crippen molar-refractivity contribution in [2.45, 2.75) is 40.5 Å². The Labute approximate surface area is 121 Å². The molecule has 1 aromatic heterocycles. The monoisotopic (exact) mass is 282 g/mol. The van der Waals surface area contributed by atoms with E-state index in [1.54, 1.807) is 6.07 Å². The van der Waals surface area contributed by atoms with Crippen LogP contribution in [0.4, 0.5) is 0 Å². The highest BCUT2D eigenvalue weighted by molar-refractivity contribution is 6.29. The smallest absolute Gasteiger partial charge is 0.254 e. The van der Waals surface area contributed by atoms with Crippen LogP contribution in [-0.2, 0) is 6.42 Å². The third kappa shape index (κ3) is 4.83. The van der Waals surface area contributed by atoms with Crippen molar-refractivity contribution in [3.8, 4) is 0 Å². The molecule has 0 bridgehead atoms. The summed E-state index contributed by atoms with van der Waals surface area (Å²) in [5.41, 5.74) is 1.53. The topological polar surface area (TPSA) is 33.2 Å². The van der Waals surface area contributed by atoms with E-state index in [9.17, 15) is 4.79 Å². The lowest BCUT2D eigenvalue weighted by Crippen LogP contribution is -2.34. The van der Waals surface area contributed by atoms with Crippen LogP contribution < -0.4 is 0 Å². The lowest BCUT2D eigenvalue weighted by Gasteiger charge is -2.23. The Bertz CT molecular complexity index is 432. The zero-order chi connectivity index (χ0) is 14.4. The van der Waals surface area contributed by atoms with Gasteiger partial charge in [0, 0.05) is 24.3 Å². The van der Waals surface area contributed by atoms with E-state index in [4.69, 9.17) is 11.6 Å². The Hall–Kier alpha value is -1.09. The average Bonchev–Trinajstić information content (AvgIpc) is 2.34. The maximum absolute atomic E-state index is 12.5. The number of carbonyl (C=O) groups excluding carboxylic acids is 1. The molecule has 3 nitrogen and oxygen atoms in total. The van der Waals surface area contributed by atoms with Gasteiger partial charge in [0.1, 0.15) is 5.15 Å². The van der Waals surface area contributed by atoms with Crippen molar-refractivity contribution >= 4 is 17.5 Å². The highest BCUT2D eigenvalue weighted by Gasteiger charge is 2.16. The molecule has 0 spiro atoms. The SMILES string of the molecule is CCCc1cc(C(=O)N(CC)CC(C)C)cc(Cl)n1. The first kappa shape index (κ1) is 16.0. The highest BCUT2D eigenvalue weighted by atomic mass is 35.5. The summed E-state index contributed by atoms with van der Waals surface area (Å²) in [5, 5.41) is 0.398. The van der Waals surface area contributed by atoms with E-state index in [-0.39, 0.29) is 5.91 Å². The van der Waals surface area contributed by atoms with Gasteiger partial charge in [0.15, 0.2) is 0 Å². The first-order valence-corrected chi connectivity index (χ1v) is 7.31. The fraction of sp³-hybridized carbons (Fsp3) is 0.600. The predicted octanol–water partition coefficient (Wildman–Crippen LogP) is 3.81. The lowest BCUT2D eigenvalue weighted by atomic mass is 10.1. The summed E-state index contributed by atoms with van der Waals surface area (Å²) in [5.74, 6) is 0.495. The Kier molecular flexibility index (Phi) is 6.29. The molecule has 0 aromatic carbocycles. The number of amides is 1. The van der Waals surface area contributed by atoms with Gasteiger partial charge in [-0.15, -0.1) is 0 Å². The van der Waals surface area contributed by atoms with Crippen molar-refractivity contribution in [1.82, 2.24) is 9.88 Å². The highest BCUT2D eigenvalue weighted by Crippen LogP contribution is 2.15. The van der Waals surface area contributed by atoms with E-state index < -0.39 is 0 Å². The van der Waals surface area contributed by atoms with E-state index in [1.165, 1.54) is 0 Å². The molecule has 1 rings (SSSR count). The molecule has 0 N–H and O–H groups in total. The summed E-state index contributed by atoms with van der Waals surface area (Å²) in [7, 11) is 0. The zero-order valence-electron chi connectivity index (χ0n) is 12.2. The second-order valence-electron chi connectivity index (χ2n) is 5.16. The number of hydrogen-bond donors (Lipinski definition) is 0. The zero-order valence-corrected chi connectivity index (χ0v) is 13.0. The predicted molar refractivity (Wildman–Crippen MR) is 79.7 cm³/mol. The van der Waals surface area contributed by atoms with Crippen molar-refractivity contribution in [3.05, 3.63) is 28.5 Å². The molecule has 0 unspecified atom stereocenters. The van der Waals surface area contributed by atoms with Gasteiger partial charge >= 0.3 is 0 Å². The van der Waals surface area contributed by atoms with Gasteiger partial charge in [0.05, 0.1) is 0 Å². The molecule has 0 atom stereocenters. The van der Waals surface area contributed by atoms with Crippen molar-refractivity contribution in [2.24, 2.45) is 5.92 Å². The molecule has 1 heterocycles. The third-order valence-electron chi connectivity index (χ3n) is 2.85. The summed E-state index contributed by atoms with van der Waals surface area (Å²) in [6.07, 6.45) is 1.83. The van der Waals surface area contributed by atoms with Crippen LogP contribution in [0.2, 0.25) is 5.15 Å². The number of rotatable bonds is 6. The molecule has 0 radical (unpaired) electrons. The maximum atomic E-state index is 12.5. The van der Waals surface area contributed by atoms with Crippen LogP contribution >= 0.6 is 11.6 Å². The van der Waals surface area contributed by atoms with Crippen molar-refractivity contribution in [1.29, 1.82) is 0 Å². The second-order valence-corrected chi connectivity index (χ2v) is 5.54. The van der Waals surface area contributed by atoms with Crippen LogP contribution in [0.3, 0.4) is 0 Å². The quantitative estimate of drug-likeness (QED) is 0.744. The summed E-state index contributed by atoms with van der Waals surface area (Å²) in [6, 6.07) is 3.52. The molecule has 106 valence electrons. The van der Waals surface area contributed by atoms with Gasteiger partial charge in [-0.3, -0.25) is 4.79 Å². The summed E-state index contributed by atoms with van der Waals surface area (Å²) in [6.45, 7) is 9.77. The van der Waals surface area contributed by atoms with E-state index in [1.807, 2.05) is 17.9 Å². The minimum atomic E-state index is 0.0397. The van der Waals surface area contributed by atoms with Crippen LogP contribution in [0.1, 0.15) is 50.2 Å². The van der Waals surface area contributed by atoms with Crippen LogP contribution in [-0.4, -0.2) is 28.9 Å². The number of carbonyl (C=O) groups is 1. The van der Waals surface area contributed by atoms with E-state index >= 15 is 0 Å². The Morgan fingerprint density at radius 1 is 1.37 bits per heavy atom. The molecule has 0 aliphatic carbocycles. The standard InChI is InChI=1S/C15H23ClN2O/c1-5-7-13-8-12(9-14(16)17-13)15(19)18(6-2)10-11(3)4/h8-9,11H,5-7,10H2,1-4H3. The molecule has 4 heteroatoms. The molecule has 19 heavy (non-hydrogen) atoms. The molecule has 1 aromatic rings. The Morgan fingerprint density at radius 2 is 2.05 bits per heavy atom. The van der Waals surface area contributed by atoms with Crippen LogP contribution in [0, 0.1) is 5.92 Å². The minimum absolute atomic E-state index is 0.0397. The molecular weight excluding hydrogens is 260 g/mol. The molecule has 0 fully saturated rings. The summed E-state index contributed by atoms with van der Waals surface area (Å²) < 4.78 is 0. The van der Waals surface area contributed by atoms with Crippen LogP contribution in [0.15, 0.2) is 12.1 Å². The van der Waals surface area contributed by atoms with Crippen molar-refractivity contribution in [2.75, 3.05) is 13.1 Å². The molecule has 0 aliphatic heterocycles. The van der Waals surface area contributed by atoms with Crippen molar-refractivity contribution in [3.63, 3.8) is 0 Å². The number of aromatic nitrogens is 1. The lowest BCUT2D eigenvalue weighted by molar-refractivity contribution is 0.0745. The second kappa shape index (κ2) is 7.49. The number of aryl methyl sites for hydroxylation is 1. The molecule has 0 saturated heterocycles.